The topological polar surface area (TPSA) is 166 Å². The van der Waals surface area contributed by atoms with Crippen LogP contribution in [0.25, 0.3) is 18.2 Å². The molecule has 2 aromatic rings. The van der Waals surface area contributed by atoms with Crippen LogP contribution in [0.1, 0.15) is 17.0 Å². The highest BCUT2D eigenvalue weighted by atomic mass is 16.2. The summed E-state index contributed by atoms with van der Waals surface area (Å²) in [5.41, 5.74) is 12.3. The van der Waals surface area contributed by atoms with Crippen LogP contribution in [0.2, 0.25) is 0 Å². The van der Waals surface area contributed by atoms with E-state index in [0.717, 1.165) is 5.56 Å². The van der Waals surface area contributed by atoms with E-state index in [4.69, 9.17) is 11.5 Å². The van der Waals surface area contributed by atoms with Crippen LogP contribution in [-0.2, 0) is 9.59 Å². The lowest BCUT2D eigenvalue weighted by molar-refractivity contribution is -0.123. The van der Waals surface area contributed by atoms with E-state index in [1.54, 1.807) is 36.4 Å². The number of benzene rings is 1. The zero-order valence-electron chi connectivity index (χ0n) is 13.3. The largest absolute Gasteiger partial charge is 0.368 e. The van der Waals surface area contributed by atoms with Crippen molar-refractivity contribution in [3.05, 3.63) is 46.8 Å². The van der Waals surface area contributed by atoms with Crippen molar-refractivity contribution in [2.75, 3.05) is 11.5 Å². The lowest BCUT2D eigenvalue weighted by atomic mass is 10.1. The van der Waals surface area contributed by atoms with Gasteiger partial charge < -0.3 is 11.5 Å². The second kappa shape index (κ2) is 6.81. The first kappa shape index (κ1) is 16.8. The van der Waals surface area contributed by atoms with Gasteiger partial charge in [0.05, 0.1) is 0 Å². The molecular formula is C16H13N7O3. The summed E-state index contributed by atoms with van der Waals surface area (Å²) in [5, 5.41) is 4.02. The lowest BCUT2D eigenvalue weighted by Gasteiger charge is -2.13. The van der Waals surface area contributed by atoms with Crippen LogP contribution < -0.4 is 22.1 Å². The maximum atomic E-state index is 11.7. The van der Waals surface area contributed by atoms with Gasteiger partial charge in [0.2, 0.25) is 11.9 Å². The van der Waals surface area contributed by atoms with Crippen LogP contribution >= 0.6 is 0 Å². The van der Waals surface area contributed by atoms with Crippen LogP contribution in [0.15, 0.2) is 29.8 Å². The number of nitrogens with zero attached hydrogens (tertiary/aromatic N) is 3. The predicted molar refractivity (Wildman–Crippen MR) is 93.7 cm³/mol. The van der Waals surface area contributed by atoms with Gasteiger partial charge in [0.25, 0.3) is 11.8 Å². The number of nitrogens with one attached hydrogen (secondary N) is 2. The maximum absolute atomic E-state index is 11.7. The average molecular weight is 351 g/mol. The Morgan fingerprint density at radius 1 is 0.769 bits per heavy atom. The summed E-state index contributed by atoms with van der Waals surface area (Å²) in [6, 6.07) is 6.11. The quantitative estimate of drug-likeness (QED) is 0.441. The first-order chi connectivity index (χ1) is 12.4. The highest BCUT2D eigenvalue weighted by Crippen LogP contribution is 2.13. The van der Waals surface area contributed by atoms with E-state index in [-0.39, 0.29) is 17.5 Å². The summed E-state index contributed by atoms with van der Waals surface area (Å²) < 4.78 is 0. The van der Waals surface area contributed by atoms with Crippen LogP contribution in [-0.4, -0.2) is 32.8 Å². The zero-order valence-corrected chi connectivity index (χ0v) is 13.3. The van der Waals surface area contributed by atoms with E-state index in [1.165, 1.54) is 6.08 Å². The van der Waals surface area contributed by atoms with Crippen molar-refractivity contribution >= 4 is 48.0 Å². The molecular weight excluding hydrogens is 338 g/mol. The second-order valence-corrected chi connectivity index (χ2v) is 5.21. The zero-order chi connectivity index (χ0) is 18.7. The average Bonchev–Trinajstić information content (AvgIpc) is 2.56. The lowest BCUT2D eigenvalue weighted by Crippen LogP contribution is -2.51. The summed E-state index contributed by atoms with van der Waals surface area (Å²) in [7, 11) is 0. The number of carbonyl (C=O) groups is 3. The number of urea groups is 1. The maximum Gasteiger partial charge on any atom is 0.328 e. The van der Waals surface area contributed by atoms with E-state index in [2.05, 4.69) is 15.0 Å². The van der Waals surface area contributed by atoms with E-state index in [0.29, 0.717) is 11.4 Å². The number of hydrogen-bond donors (Lipinski definition) is 4. The summed E-state index contributed by atoms with van der Waals surface area (Å²) in [6.45, 7) is 0. The molecule has 0 aliphatic carbocycles. The molecule has 3 rings (SSSR count). The van der Waals surface area contributed by atoms with E-state index in [1.807, 2.05) is 10.6 Å². The van der Waals surface area contributed by atoms with Crippen molar-refractivity contribution in [1.29, 1.82) is 0 Å². The van der Waals surface area contributed by atoms with Crippen LogP contribution in [0, 0.1) is 0 Å². The molecule has 0 bridgehead atoms. The highest BCUT2D eigenvalue weighted by molar-refractivity contribution is 6.31. The Balaban J connectivity index is 1.77. The summed E-state index contributed by atoms with van der Waals surface area (Å²) in [6.07, 6.45) is 4.75. The summed E-state index contributed by atoms with van der Waals surface area (Å²) in [5.74, 6) is -1.11. The molecule has 10 nitrogen and oxygen atoms in total. The number of amides is 4. The Labute approximate surface area is 147 Å². The minimum Gasteiger partial charge on any atom is -0.368 e. The molecule has 1 fully saturated rings. The van der Waals surface area contributed by atoms with E-state index >= 15 is 0 Å². The summed E-state index contributed by atoms with van der Waals surface area (Å²) >= 11 is 0. The van der Waals surface area contributed by atoms with Crippen molar-refractivity contribution in [3.8, 4) is 0 Å². The molecule has 1 aliphatic heterocycles. The predicted octanol–water partition coefficient (Wildman–Crippen LogP) is -0.0442. The molecule has 0 atom stereocenters. The Morgan fingerprint density at radius 2 is 1.31 bits per heavy atom. The summed E-state index contributed by atoms with van der Waals surface area (Å²) in [4.78, 5) is 45.9. The van der Waals surface area contributed by atoms with Crippen molar-refractivity contribution < 1.29 is 14.4 Å². The molecule has 4 amide bonds. The van der Waals surface area contributed by atoms with Gasteiger partial charge in [0, 0.05) is 0 Å². The Kier molecular flexibility index (Phi) is 4.39. The monoisotopic (exact) mass is 351 g/mol. The van der Waals surface area contributed by atoms with Gasteiger partial charge in [0.1, 0.15) is 5.57 Å². The van der Waals surface area contributed by atoms with Gasteiger partial charge in [-0.1, -0.05) is 30.3 Å². The Morgan fingerprint density at radius 3 is 1.88 bits per heavy atom. The number of anilines is 2. The molecule has 1 aromatic carbocycles. The SMILES string of the molecule is Nc1nc(N)nc(/C=C/c2ccc(C=C3C(=O)NC(=O)NC3=O)cc2)n1. The number of aromatic nitrogens is 3. The van der Waals surface area contributed by atoms with Crippen LogP contribution in [0.4, 0.5) is 16.7 Å². The second-order valence-electron chi connectivity index (χ2n) is 5.21. The molecule has 0 spiro atoms. The Hall–Kier alpha value is -4.08. The first-order valence-corrected chi connectivity index (χ1v) is 7.34. The number of rotatable bonds is 3. The minimum absolute atomic E-state index is 0.0293. The third-order valence-corrected chi connectivity index (χ3v) is 3.30. The molecule has 6 N–H and O–H groups in total. The van der Waals surface area contributed by atoms with Gasteiger partial charge in [-0.15, -0.1) is 0 Å². The van der Waals surface area contributed by atoms with Crippen molar-refractivity contribution in [3.63, 3.8) is 0 Å². The highest BCUT2D eigenvalue weighted by Gasteiger charge is 2.27. The number of nitrogens with two attached hydrogens (primary N) is 2. The number of carbonyl (C=O) groups excluding carboxylic acids is 3. The molecule has 1 aromatic heterocycles. The molecule has 1 aliphatic rings. The van der Waals surface area contributed by atoms with Crippen LogP contribution in [0.5, 0.6) is 0 Å². The molecule has 1 saturated heterocycles. The molecule has 0 radical (unpaired) electrons. The van der Waals surface area contributed by atoms with Gasteiger partial charge in [-0.05, 0) is 23.3 Å². The fraction of sp³-hybridized carbons (Fsp3) is 0. The third-order valence-electron chi connectivity index (χ3n) is 3.30. The minimum atomic E-state index is -0.836. The van der Waals surface area contributed by atoms with Crippen molar-refractivity contribution in [2.24, 2.45) is 0 Å². The number of nitrogen functional groups attached to an aromatic ring is 2. The van der Waals surface area contributed by atoms with E-state index in [9.17, 15) is 14.4 Å². The molecule has 26 heavy (non-hydrogen) atoms. The fourth-order valence-electron chi connectivity index (χ4n) is 2.15. The molecule has 10 heteroatoms. The van der Waals surface area contributed by atoms with Crippen molar-refractivity contribution in [1.82, 2.24) is 25.6 Å². The van der Waals surface area contributed by atoms with Crippen LogP contribution in [0.3, 0.4) is 0 Å². The fourth-order valence-corrected chi connectivity index (χ4v) is 2.15. The smallest absolute Gasteiger partial charge is 0.328 e. The van der Waals surface area contributed by atoms with Gasteiger partial charge in [-0.2, -0.15) is 15.0 Å². The Bertz CT molecular complexity index is 922. The molecule has 130 valence electrons. The number of hydrogen-bond acceptors (Lipinski definition) is 8. The normalized spacial score (nSPS) is 14.3. The van der Waals surface area contributed by atoms with Gasteiger partial charge >= 0.3 is 6.03 Å². The van der Waals surface area contributed by atoms with Gasteiger partial charge in [-0.25, -0.2) is 4.79 Å². The van der Waals surface area contributed by atoms with Gasteiger partial charge in [-0.3, -0.25) is 20.2 Å². The standard InChI is InChI=1S/C16H13N7O3/c17-14-19-11(20-15(18)23-14)6-5-8-1-3-9(4-2-8)7-10-12(24)21-16(26)22-13(10)25/h1-7H,(H4,17,18,19,20,23)(H2,21,22,24,25,26)/b6-5+. The van der Waals surface area contributed by atoms with Gasteiger partial charge in [0.15, 0.2) is 5.82 Å². The molecule has 2 heterocycles. The molecule has 0 unspecified atom stereocenters. The number of imide groups is 2. The first-order valence-electron chi connectivity index (χ1n) is 7.34. The molecule has 0 saturated carbocycles. The van der Waals surface area contributed by atoms with E-state index < -0.39 is 17.8 Å². The third kappa shape index (κ3) is 3.87. The number of barbiturate groups is 1. The van der Waals surface area contributed by atoms with Crippen molar-refractivity contribution in [2.45, 2.75) is 0 Å².